The first-order valence-corrected chi connectivity index (χ1v) is 10.7. The van der Waals surface area contributed by atoms with E-state index in [2.05, 4.69) is 10.6 Å². The predicted molar refractivity (Wildman–Crippen MR) is 110 cm³/mol. The van der Waals surface area contributed by atoms with Crippen LogP contribution in [-0.4, -0.2) is 43.0 Å². The number of nitrogens with one attached hydrogen (secondary N) is 2. The van der Waals surface area contributed by atoms with E-state index in [0.29, 0.717) is 36.5 Å². The molecular formula is C22H29N3O5. The zero-order chi connectivity index (χ0) is 21.3. The number of amides is 2. The predicted octanol–water partition coefficient (Wildman–Crippen LogP) is 2.67. The summed E-state index contributed by atoms with van der Waals surface area (Å²) in [6.45, 7) is 0.807. The van der Waals surface area contributed by atoms with Gasteiger partial charge in [0.25, 0.3) is 11.6 Å². The SMILES string of the molecule is COCCNC(=O)[C@H](NC(=O)c1ccc([N+](=O)[O-])cc1)C12CC3CC(CC(C3)C1)C2. The van der Waals surface area contributed by atoms with E-state index in [1.807, 2.05) is 0 Å². The lowest BCUT2D eigenvalue weighted by Crippen LogP contribution is -2.62. The fourth-order valence-electron chi connectivity index (χ4n) is 6.36. The molecule has 0 unspecified atom stereocenters. The third-order valence-corrected chi connectivity index (χ3v) is 7.18. The number of carbonyl (C=O) groups is 2. The maximum atomic E-state index is 13.2. The number of hydrogen-bond donors (Lipinski definition) is 2. The molecule has 0 radical (unpaired) electrons. The van der Waals surface area contributed by atoms with Gasteiger partial charge < -0.3 is 15.4 Å². The first-order valence-electron chi connectivity index (χ1n) is 10.7. The lowest BCUT2D eigenvalue weighted by molar-refractivity contribution is -0.384. The van der Waals surface area contributed by atoms with E-state index in [0.717, 1.165) is 19.3 Å². The summed E-state index contributed by atoms with van der Waals surface area (Å²) in [7, 11) is 1.58. The zero-order valence-corrected chi connectivity index (χ0v) is 17.3. The Morgan fingerprint density at radius 2 is 1.70 bits per heavy atom. The molecule has 1 aromatic rings. The normalized spacial score (nSPS) is 30.0. The van der Waals surface area contributed by atoms with Crippen molar-refractivity contribution in [3.63, 3.8) is 0 Å². The van der Waals surface area contributed by atoms with Crippen LogP contribution in [0.2, 0.25) is 0 Å². The molecule has 1 atom stereocenters. The number of nitro groups is 1. The standard InChI is InChI=1S/C22H29N3O5/c1-30-7-6-23-21(27)19(22-11-14-8-15(12-22)10-16(9-14)13-22)24-20(26)17-2-4-18(5-3-17)25(28)29/h2-5,14-16,19H,6-13H2,1H3,(H,23,27)(H,24,26)/t14?,15?,16?,19-,22?/m0/s1. The van der Waals surface area contributed by atoms with Crippen LogP contribution >= 0.6 is 0 Å². The summed E-state index contributed by atoms with van der Waals surface area (Å²) in [6, 6.07) is 4.89. The number of nitrogens with zero attached hydrogens (tertiary/aromatic N) is 1. The molecule has 4 bridgehead atoms. The maximum Gasteiger partial charge on any atom is 0.269 e. The molecule has 4 saturated carbocycles. The Balaban J connectivity index is 1.55. The summed E-state index contributed by atoms with van der Waals surface area (Å²) in [4.78, 5) is 36.5. The van der Waals surface area contributed by atoms with Crippen molar-refractivity contribution in [3.05, 3.63) is 39.9 Å². The van der Waals surface area contributed by atoms with E-state index in [1.54, 1.807) is 7.11 Å². The summed E-state index contributed by atoms with van der Waals surface area (Å²) in [5, 5.41) is 16.8. The number of methoxy groups -OCH3 is 1. The highest BCUT2D eigenvalue weighted by molar-refractivity contribution is 5.98. The van der Waals surface area contributed by atoms with Crippen LogP contribution in [0.1, 0.15) is 48.9 Å². The van der Waals surface area contributed by atoms with Gasteiger partial charge in [0, 0.05) is 36.8 Å². The molecule has 8 heteroatoms. The summed E-state index contributed by atoms with van der Waals surface area (Å²) >= 11 is 0. The third-order valence-electron chi connectivity index (χ3n) is 7.18. The smallest absolute Gasteiger partial charge is 0.269 e. The minimum absolute atomic E-state index is 0.0681. The van der Waals surface area contributed by atoms with Crippen LogP contribution in [0.5, 0.6) is 0 Å². The van der Waals surface area contributed by atoms with Gasteiger partial charge in [-0.1, -0.05) is 0 Å². The Labute approximate surface area is 175 Å². The molecule has 5 rings (SSSR count). The van der Waals surface area contributed by atoms with Crippen LogP contribution in [-0.2, 0) is 9.53 Å². The van der Waals surface area contributed by atoms with E-state index in [4.69, 9.17) is 4.74 Å². The number of hydrogen-bond acceptors (Lipinski definition) is 5. The quantitative estimate of drug-likeness (QED) is 0.385. The van der Waals surface area contributed by atoms with Crippen molar-refractivity contribution < 1.29 is 19.2 Å². The molecule has 0 aromatic heterocycles. The molecule has 0 saturated heterocycles. The largest absolute Gasteiger partial charge is 0.383 e. The average Bonchev–Trinajstić information content (AvgIpc) is 2.71. The molecule has 162 valence electrons. The second-order valence-electron chi connectivity index (χ2n) is 9.27. The first-order chi connectivity index (χ1) is 14.4. The van der Waals surface area contributed by atoms with Gasteiger partial charge in [-0.05, 0) is 68.4 Å². The van der Waals surface area contributed by atoms with Crippen LogP contribution < -0.4 is 10.6 Å². The van der Waals surface area contributed by atoms with Gasteiger partial charge in [0.05, 0.1) is 11.5 Å². The number of carbonyl (C=O) groups excluding carboxylic acids is 2. The van der Waals surface area contributed by atoms with Crippen molar-refractivity contribution in [2.75, 3.05) is 20.3 Å². The molecule has 30 heavy (non-hydrogen) atoms. The summed E-state index contributed by atoms with van der Waals surface area (Å²) in [5.41, 5.74) is 0.0454. The van der Waals surface area contributed by atoms with Crippen molar-refractivity contribution in [1.82, 2.24) is 10.6 Å². The number of rotatable bonds is 8. The fourth-order valence-corrected chi connectivity index (χ4v) is 6.36. The van der Waals surface area contributed by atoms with Crippen LogP contribution in [0.25, 0.3) is 0 Å². The van der Waals surface area contributed by atoms with E-state index < -0.39 is 11.0 Å². The Hall–Kier alpha value is -2.48. The van der Waals surface area contributed by atoms with Crippen molar-refractivity contribution >= 4 is 17.5 Å². The molecule has 4 aliphatic rings. The second kappa shape index (κ2) is 8.34. The number of benzene rings is 1. The van der Waals surface area contributed by atoms with E-state index in [-0.39, 0.29) is 22.9 Å². The van der Waals surface area contributed by atoms with Gasteiger partial charge in [-0.2, -0.15) is 0 Å². The summed E-state index contributed by atoms with van der Waals surface area (Å²) in [6.07, 6.45) is 6.65. The highest BCUT2D eigenvalue weighted by Gasteiger charge is 2.56. The highest BCUT2D eigenvalue weighted by Crippen LogP contribution is 2.61. The number of non-ortho nitro benzene ring substituents is 1. The Kier molecular flexibility index (Phi) is 5.77. The van der Waals surface area contributed by atoms with Gasteiger partial charge in [-0.25, -0.2) is 0 Å². The number of ether oxygens (including phenoxy) is 1. The first kappa shape index (κ1) is 20.8. The van der Waals surface area contributed by atoms with Crippen molar-refractivity contribution in [3.8, 4) is 0 Å². The minimum Gasteiger partial charge on any atom is -0.383 e. The van der Waals surface area contributed by atoms with Crippen molar-refractivity contribution in [1.29, 1.82) is 0 Å². The van der Waals surface area contributed by atoms with Crippen molar-refractivity contribution in [2.45, 2.75) is 44.6 Å². The molecule has 1 aromatic carbocycles. The van der Waals surface area contributed by atoms with Crippen LogP contribution in [0.4, 0.5) is 5.69 Å². The van der Waals surface area contributed by atoms with E-state index in [9.17, 15) is 19.7 Å². The van der Waals surface area contributed by atoms with Gasteiger partial charge in [-0.3, -0.25) is 19.7 Å². The maximum absolute atomic E-state index is 13.2. The van der Waals surface area contributed by atoms with E-state index in [1.165, 1.54) is 43.5 Å². The highest BCUT2D eigenvalue weighted by atomic mass is 16.6. The molecular weight excluding hydrogens is 386 g/mol. The van der Waals surface area contributed by atoms with Gasteiger partial charge in [-0.15, -0.1) is 0 Å². The molecule has 4 aliphatic carbocycles. The minimum atomic E-state index is -0.606. The molecule has 8 nitrogen and oxygen atoms in total. The average molecular weight is 415 g/mol. The fraction of sp³-hybridized carbons (Fsp3) is 0.636. The van der Waals surface area contributed by atoms with Gasteiger partial charge >= 0.3 is 0 Å². The Morgan fingerprint density at radius 3 is 2.20 bits per heavy atom. The molecule has 2 N–H and O–H groups in total. The monoisotopic (exact) mass is 415 g/mol. The third kappa shape index (κ3) is 4.05. The molecule has 4 fully saturated rings. The zero-order valence-electron chi connectivity index (χ0n) is 17.3. The van der Waals surface area contributed by atoms with Crippen molar-refractivity contribution in [2.24, 2.45) is 23.2 Å². The molecule has 0 aliphatic heterocycles. The van der Waals surface area contributed by atoms with E-state index >= 15 is 0 Å². The molecule has 0 spiro atoms. The van der Waals surface area contributed by atoms with Crippen LogP contribution in [0.3, 0.4) is 0 Å². The Morgan fingerprint density at radius 1 is 1.13 bits per heavy atom. The lowest BCUT2D eigenvalue weighted by Gasteiger charge is -2.58. The van der Waals surface area contributed by atoms with Crippen LogP contribution in [0, 0.1) is 33.3 Å². The summed E-state index contributed by atoms with van der Waals surface area (Å²) < 4.78 is 5.05. The summed E-state index contributed by atoms with van der Waals surface area (Å²) in [5.74, 6) is 1.39. The van der Waals surface area contributed by atoms with Gasteiger partial charge in [0.1, 0.15) is 6.04 Å². The topological polar surface area (TPSA) is 111 Å². The molecule has 2 amide bonds. The van der Waals surface area contributed by atoms with Gasteiger partial charge in [0.15, 0.2) is 0 Å². The number of nitro benzene ring substituents is 1. The van der Waals surface area contributed by atoms with Gasteiger partial charge in [0.2, 0.25) is 5.91 Å². The second-order valence-corrected chi connectivity index (χ2v) is 9.27. The molecule has 0 heterocycles. The Bertz CT molecular complexity index is 787. The lowest BCUT2D eigenvalue weighted by atomic mass is 9.47. The van der Waals surface area contributed by atoms with Crippen LogP contribution in [0.15, 0.2) is 24.3 Å².